The van der Waals surface area contributed by atoms with Crippen LogP contribution < -0.4 is 5.32 Å². The molecule has 0 aliphatic heterocycles. The van der Waals surface area contributed by atoms with Gasteiger partial charge in [-0.05, 0) is 36.5 Å². The zero-order chi connectivity index (χ0) is 15.3. The Kier molecular flexibility index (Phi) is 4.98. The SMILES string of the molecule is CC1(CNC(=O)c2ccc(F)cc2C#CCO)CCCC1. The van der Waals surface area contributed by atoms with E-state index in [9.17, 15) is 9.18 Å². The first-order valence-corrected chi connectivity index (χ1v) is 7.22. The lowest BCUT2D eigenvalue weighted by Gasteiger charge is -2.23. The number of amides is 1. The van der Waals surface area contributed by atoms with Gasteiger partial charge in [-0.2, -0.15) is 0 Å². The van der Waals surface area contributed by atoms with E-state index < -0.39 is 5.82 Å². The molecule has 0 aromatic heterocycles. The van der Waals surface area contributed by atoms with Crippen molar-refractivity contribution in [1.29, 1.82) is 0 Å². The van der Waals surface area contributed by atoms with Crippen LogP contribution in [0.25, 0.3) is 0 Å². The summed E-state index contributed by atoms with van der Waals surface area (Å²) in [7, 11) is 0. The van der Waals surface area contributed by atoms with Crippen LogP contribution in [0.1, 0.15) is 48.5 Å². The highest BCUT2D eigenvalue weighted by molar-refractivity contribution is 5.96. The first-order chi connectivity index (χ1) is 10.0. The molecule has 0 heterocycles. The maximum Gasteiger partial charge on any atom is 0.252 e. The molecule has 112 valence electrons. The molecule has 0 saturated heterocycles. The van der Waals surface area contributed by atoms with Crippen LogP contribution in [0.3, 0.4) is 0 Å². The molecule has 1 fully saturated rings. The topological polar surface area (TPSA) is 49.3 Å². The number of benzene rings is 1. The van der Waals surface area contributed by atoms with Crippen molar-refractivity contribution in [3.8, 4) is 11.8 Å². The molecule has 1 aliphatic rings. The molecule has 1 aliphatic carbocycles. The normalized spacial score (nSPS) is 16.1. The van der Waals surface area contributed by atoms with Gasteiger partial charge in [-0.25, -0.2) is 4.39 Å². The van der Waals surface area contributed by atoms with Crippen LogP contribution in [0.5, 0.6) is 0 Å². The predicted octanol–water partition coefficient (Wildman–Crippen LogP) is 2.48. The Morgan fingerprint density at radius 1 is 1.43 bits per heavy atom. The maximum atomic E-state index is 13.3. The molecule has 21 heavy (non-hydrogen) atoms. The fourth-order valence-electron chi connectivity index (χ4n) is 2.75. The molecule has 2 N–H and O–H groups in total. The summed E-state index contributed by atoms with van der Waals surface area (Å²) in [5, 5.41) is 11.7. The van der Waals surface area contributed by atoms with E-state index in [-0.39, 0.29) is 17.9 Å². The van der Waals surface area contributed by atoms with Gasteiger partial charge in [0.2, 0.25) is 0 Å². The van der Waals surface area contributed by atoms with Gasteiger partial charge in [-0.3, -0.25) is 4.79 Å². The number of hydrogen-bond donors (Lipinski definition) is 2. The summed E-state index contributed by atoms with van der Waals surface area (Å²) in [6, 6.07) is 3.90. The first-order valence-electron chi connectivity index (χ1n) is 7.22. The molecule has 4 heteroatoms. The zero-order valence-corrected chi connectivity index (χ0v) is 12.2. The summed E-state index contributed by atoms with van der Waals surface area (Å²) in [5.41, 5.74) is 0.809. The average molecular weight is 289 g/mol. The Labute approximate surface area is 124 Å². The number of hydrogen-bond acceptors (Lipinski definition) is 2. The lowest BCUT2D eigenvalue weighted by atomic mass is 9.89. The van der Waals surface area contributed by atoms with Crippen molar-refractivity contribution >= 4 is 5.91 Å². The van der Waals surface area contributed by atoms with Gasteiger partial charge in [0, 0.05) is 12.1 Å². The van der Waals surface area contributed by atoms with Crippen molar-refractivity contribution in [2.24, 2.45) is 5.41 Å². The third-order valence-electron chi connectivity index (χ3n) is 4.01. The average Bonchev–Trinajstić information content (AvgIpc) is 2.90. The molecule has 1 aromatic rings. The second-order valence-corrected chi connectivity index (χ2v) is 5.85. The molecule has 0 radical (unpaired) electrons. The molecular weight excluding hydrogens is 269 g/mol. The van der Waals surface area contributed by atoms with Crippen LogP contribution in [-0.4, -0.2) is 24.2 Å². The van der Waals surface area contributed by atoms with Crippen molar-refractivity contribution in [3.05, 3.63) is 35.1 Å². The van der Waals surface area contributed by atoms with E-state index in [1.165, 1.54) is 31.0 Å². The van der Waals surface area contributed by atoms with Gasteiger partial charge >= 0.3 is 0 Å². The van der Waals surface area contributed by atoms with Gasteiger partial charge in [0.25, 0.3) is 5.91 Å². The van der Waals surface area contributed by atoms with Gasteiger partial charge in [0.1, 0.15) is 12.4 Å². The highest BCUT2D eigenvalue weighted by Crippen LogP contribution is 2.36. The third-order valence-corrected chi connectivity index (χ3v) is 4.01. The van der Waals surface area contributed by atoms with E-state index in [0.29, 0.717) is 17.7 Å². The summed E-state index contributed by atoms with van der Waals surface area (Å²) < 4.78 is 13.3. The van der Waals surface area contributed by atoms with Gasteiger partial charge in [0.15, 0.2) is 0 Å². The molecular formula is C17H20FNO2. The number of halogens is 1. The standard InChI is InChI=1S/C17H20FNO2/c1-17(8-2-3-9-17)12-19-16(21)15-7-6-14(18)11-13(15)5-4-10-20/h6-7,11,20H,2-3,8-10,12H2,1H3,(H,19,21). The van der Waals surface area contributed by atoms with E-state index in [4.69, 9.17) is 5.11 Å². The quantitative estimate of drug-likeness (QED) is 0.840. The van der Waals surface area contributed by atoms with E-state index in [1.54, 1.807) is 0 Å². The minimum absolute atomic E-state index is 0.159. The first kappa shape index (κ1) is 15.5. The van der Waals surface area contributed by atoms with Crippen molar-refractivity contribution < 1.29 is 14.3 Å². The minimum atomic E-state index is -0.448. The lowest BCUT2D eigenvalue weighted by Crippen LogP contribution is -2.34. The van der Waals surface area contributed by atoms with E-state index in [0.717, 1.165) is 12.8 Å². The monoisotopic (exact) mass is 289 g/mol. The van der Waals surface area contributed by atoms with E-state index in [2.05, 4.69) is 24.1 Å². The number of rotatable bonds is 3. The summed E-state index contributed by atoms with van der Waals surface area (Å²) in [6.07, 6.45) is 4.65. The molecule has 0 spiro atoms. The fraction of sp³-hybridized carbons (Fsp3) is 0.471. The third kappa shape index (κ3) is 4.05. The van der Waals surface area contributed by atoms with Crippen molar-refractivity contribution in [2.75, 3.05) is 13.2 Å². The highest BCUT2D eigenvalue weighted by Gasteiger charge is 2.29. The summed E-state index contributed by atoms with van der Waals surface area (Å²) in [6.45, 7) is 2.48. The van der Waals surface area contributed by atoms with Crippen LogP contribution in [-0.2, 0) is 0 Å². The number of nitrogens with one attached hydrogen (secondary N) is 1. The van der Waals surface area contributed by atoms with Crippen LogP contribution >= 0.6 is 0 Å². The van der Waals surface area contributed by atoms with E-state index >= 15 is 0 Å². The molecule has 3 nitrogen and oxygen atoms in total. The smallest absolute Gasteiger partial charge is 0.252 e. The number of carbonyl (C=O) groups is 1. The van der Waals surface area contributed by atoms with Crippen molar-refractivity contribution in [3.63, 3.8) is 0 Å². The van der Waals surface area contributed by atoms with Crippen LogP contribution in [0.4, 0.5) is 4.39 Å². The number of carbonyl (C=O) groups excluding carboxylic acids is 1. The predicted molar refractivity (Wildman–Crippen MR) is 79.3 cm³/mol. The van der Waals surface area contributed by atoms with Crippen molar-refractivity contribution in [2.45, 2.75) is 32.6 Å². The molecule has 0 bridgehead atoms. The van der Waals surface area contributed by atoms with Crippen molar-refractivity contribution in [1.82, 2.24) is 5.32 Å². The van der Waals surface area contributed by atoms with Crippen LogP contribution in [0.15, 0.2) is 18.2 Å². The fourth-order valence-corrected chi connectivity index (χ4v) is 2.75. The molecule has 1 saturated carbocycles. The lowest BCUT2D eigenvalue weighted by molar-refractivity contribution is 0.0934. The summed E-state index contributed by atoms with van der Waals surface area (Å²) in [5.74, 6) is 4.38. The zero-order valence-electron chi connectivity index (χ0n) is 12.2. The van der Waals surface area contributed by atoms with Gasteiger partial charge < -0.3 is 10.4 Å². The molecule has 2 rings (SSSR count). The van der Waals surface area contributed by atoms with Gasteiger partial charge in [-0.15, -0.1) is 0 Å². The Balaban J connectivity index is 2.11. The minimum Gasteiger partial charge on any atom is -0.384 e. The molecule has 0 unspecified atom stereocenters. The summed E-state index contributed by atoms with van der Waals surface area (Å²) >= 11 is 0. The summed E-state index contributed by atoms with van der Waals surface area (Å²) in [4.78, 5) is 12.3. The number of aliphatic hydroxyl groups excluding tert-OH is 1. The van der Waals surface area contributed by atoms with Gasteiger partial charge in [-0.1, -0.05) is 31.6 Å². The molecule has 1 amide bonds. The Hall–Kier alpha value is -1.86. The second-order valence-electron chi connectivity index (χ2n) is 5.85. The Morgan fingerprint density at radius 3 is 2.81 bits per heavy atom. The second kappa shape index (κ2) is 6.73. The molecule has 0 atom stereocenters. The number of aliphatic hydroxyl groups is 1. The van der Waals surface area contributed by atoms with E-state index in [1.807, 2.05) is 0 Å². The van der Waals surface area contributed by atoms with Crippen LogP contribution in [0, 0.1) is 23.1 Å². The Bertz CT molecular complexity index is 580. The maximum absolute atomic E-state index is 13.3. The largest absolute Gasteiger partial charge is 0.384 e. The Morgan fingerprint density at radius 2 is 2.14 bits per heavy atom. The van der Waals surface area contributed by atoms with Gasteiger partial charge in [0.05, 0.1) is 5.56 Å². The van der Waals surface area contributed by atoms with Crippen LogP contribution in [0.2, 0.25) is 0 Å². The highest BCUT2D eigenvalue weighted by atomic mass is 19.1. The molecule has 1 aromatic carbocycles.